The lowest BCUT2D eigenvalue weighted by Gasteiger charge is -2.28. The van der Waals surface area contributed by atoms with Crippen LogP contribution >= 0.6 is 0 Å². The van der Waals surface area contributed by atoms with E-state index in [1.165, 1.54) is 42.0 Å². The Balaban J connectivity index is 2.33. The number of rotatable bonds is 8. The molecule has 2 aromatic carbocycles. The van der Waals surface area contributed by atoms with Gasteiger partial charge < -0.3 is 5.32 Å². The van der Waals surface area contributed by atoms with E-state index >= 15 is 0 Å². The molecule has 2 rings (SSSR count). The van der Waals surface area contributed by atoms with Crippen molar-refractivity contribution in [2.75, 3.05) is 6.54 Å². The quantitative estimate of drug-likeness (QED) is 0.654. The lowest BCUT2D eigenvalue weighted by atomic mass is 9.85. The summed E-state index contributed by atoms with van der Waals surface area (Å²) >= 11 is 0. The molecule has 1 unspecified atom stereocenters. The van der Waals surface area contributed by atoms with Crippen molar-refractivity contribution in [2.24, 2.45) is 5.92 Å². The van der Waals surface area contributed by atoms with Crippen LogP contribution in [0.5, 0.6) is 0 Å². The van der Waals surface area contributed by atoms with Crippen LogP contribution < -0.4 is 5.32 Å². The standard InChI is InChI=1S/C20H29N/c1-4-9-17(10-5-2)20(21-6-3)19-14-13-16-11-7-8-12-18(16)15-19/h7-8,11-15,17,20-21H,4-6,9-10H2,1-3H3. The Morgan fingerprint density at radius 1 is 0.857 bits per heavy atom. The van der Waals surface area contributed by atoms with Crippen LogP contribution in [-0.4, -0.2) is 6.54 Å². The molecule has 0 fully saturated rings. The Bertz CT molecular complexity index is 540. The minimum atomic E-state index is 0.486. The van der Waals surface area contributed by atoms with Gasteiger partial charge in [-0.1, -0.05) is 70.0 Å². The molecule has 114 valence electrons. The average molecular weight is 283 g/mol. The van der Waals surface area contributed by atoms with Gasteiger partial charge in [-0.3, -0.25) is 0 Å². The first-order chi connectivity index (χ1) is 10.3. The lowest BCUT2D eigenvalue weighted by molar-refractivity contribution is 0.320. The lowest BCUT2D eigenvalue weighted by Crippen LogP contribution is -2.28. The molecule has 1 atom stereocenters. The van der Waals surface area contributed by atoms with Crippen molar-refractivity contribution in [1.82, 2.24) is 5.32 Å². The van der Waals surface area contributed by atoms with E-state index in [1.807, 2.05) is 0 Å². The second-order valence-electron chi connectivity index (χ2n) is 5.98. The molecule has 0 bridgehead atoms. The largest absolute Gasteiger partial charge is 0.310 e. The summed E-state index contributed by atoms with van der Waals surface area (Å²) in [5.41, 5.74) is 1.45. The van der Waals surface area contributed by atoms with Gasteiger partial charge in [0, 0.05) is 6.04 Å². The Morgan fingerprint density at radius 3 is 2.14 bits per heavy atom. The van der Waals surface area contributed by atoms with Crippen molar-refractivity contribution in [3.05, 3.63) is 48.0 Å². The predicted molar refractivity (Wildman–Crippen MR) is 93.7 cm³/mol. The fourth-order valence-corrected chi connectivity index (χ4v) is 3.40. The third kappa shape index (κ3) is 4.07. The first-order valence-corrected chi connectivity index (χ1v) is 8.52. The van der Waals surface area contributed by atoms with E-state index in [9.17, 15) is 0 Å². The SMILES string of the molecule is CCCC(CCC)C(NCC)c1ccc2ccccc2c1. The summed E-state index contributed by atoms with van der Waals surface area (Å²) < 4.78 is 0. The zero-order valence-corrected chi connectivity index (χ0v) is 13.7. The second-order valence-corrected chi connectivity index (χ2v) is 5.98. The maximum Gasteiger partial charge on any atom is 0.0348 e. The molecule has 0 spiro atoms. The minimum absolute atomic E-state index is 0.486. The van der Waals surface area contributed by atoms with Gasteiger partial charge in [0.15, 0.2) is 0 Å². The molecule has 1 heteroatoms. The summed E-state index contributed by atoms with van der Waals surface area (Å²) in [5, 5.41) is 6.42. The van der Waals surface area contributed by atoms with Crippen LogP contribution in [-0.2, 0) is 0 Å². The summed E-state index contributed by atoms with van der Waals surface area (Å²) in [6.07, 6.45) is 5.14. The highest BCUT2D eigenvalue weighted by atomic mass is 14.9. The van der Waals surface area contributed by atoms with Crippen LogP contribution in [0.25, 0.3) is 10.8 Å². The first-order valence-electron chi connectivity index (χ1n) is 8.52. The molecule has 1 nitrogen and oxygen atoms in total. The van der Waals surface area contributed by atoms with Gasteiger partial charge in [-0.15, -0.1) is 0 Å². The average Bonchev–Trinajstić information content (AvgIpc) is 2.52. The molecule has 0 amide bonds. The summed E-state index contributed by atoms with van der Waals surface area (Å²) in [5.74, 6) is 0.737. The van der Waals surface area contributed by atoms with E-state index < -0.39 is 0 Å². The van der Waals surface area contributed by atoms with Gasteiger partial charge in [0.1, 0.15) is 0 Å². The molecule has 0 saturated heterocycles. The summed E-state index contributed by atoms with van der Waals surface area (Å²) in [4.78, 5) is 0. The molecule has 0 radical (unpaired) electrons. The van der Waals surface area contributed by atoms with Gasteiger partial charge in [0.05, 0.1) is 0 Å². The van der Waals surface area contributed by atoms with Crippen molar-refractivity contribution >= 4 is 10.8 Å². The van der Waals surface area contributed by atoms with E-state index in [4.69, 9.17) is 0 Å². The third-order valence-electron chi connectivity index (χ3n) is 4.35. The zero-order valence-electron chi connectivity index (χ0n) is 13.7. The van der Waals surface area contributed by atoms with Crippen molar-refractivity contribution in [3.63, 3.8) is 0 Å². The highest BCUT2D eigenvalue weighted by Crippen LogP contribution is 2.31. The van der Waals surface area contributed by atoms with Crippen LogP contribution in [0.2, 0.25) is 0 Å². The Morgan fingerprint density at radius 2 is 1.52 bits per heavy atom. The van der Waals surface area contributed by atoms with Gasteiger partial charge in [0.2, 0.25) is 0 Å². The van der Waals surface area contributed by atoms with Crippen molar-refractivity contribution in [1.29, 1.82) is 0 Å². The van der Waals surface area contributed by atoms with E-state index in [0.717, 1.165) is 12.5 Å². The van der Waals surface area contributed by atoms with Crippen molar-refractivity contribution in [2.45, 2.75) is 52.5 Å². The van der Waals surface area contributed by atoms with Crippen LogP contribution in [0, 0.1) is 5.92 Å². The van der Waals surface area contributed by atoms with Crippen molar-refractivity contribution in [3.8, 4) is 0 Å². The van der Waals surface area contributed by atoms with Gasteiger partial charge >= 0.3 is 0 Å². The fourth-order valence-electron chi connectivity index (χ4n) is 3.40. The topological polar surface area (TPSA) is 12.0 Å². The third-order valence-corrected chi connectivity index (χ3v) is 4.35. The molecule has 0 aliphatic heterocycles. The number of benzene rings is 2. The fraction of sp³-hybridized carbons (Fsp3) is 0.500. The Hall–Kier alpha value is -1.34. The smallest absolute Gasteiger partial charge is 0.0348 e. The van der Waals surface area contributed by atoms with Crippen LogP contribution in [0.1, 0.15) is 58.1 Å². The van der Waals surface area contributed by atoms with Crippen LogP contribution in [0.15, 0.2) is 42.5 Å². The van der Waals surface area contributed by atoms with E-state index in [0.29, 0.717) is 6.04 Å². The molecular formula is C20H29N. The molecule has 21 heavy (non-hydrogen) atoms. The molecule has 0 aliphatic carbocycles. The number of fused-ring (bicyclic) bond motifs is 1. The zero-order chi connectivity index (χ0) is 15.1. The molecule has 0 saturated carbocycles. The van der Waals surface area contributed by atoms with Gasteiger partial charge in [-0.2, -0.15) is 0 Å². The van der Waals surface area contributed by atoms with Crippen LogP contribution in [0.3, 0.4) is 0 Å². The van der Waals surface area contributed by atoms with E-state index in [1.54, 1.807) is 0 Å². The second kappa shape index (κ2) is 8.19. The maximum atomic E-state index is 3.73. The Kier molecular flexibility index (Phi) is 6.25. The summed E-state index contributed by atoms with van der Waals surface area (Å²) in [6.45, 7) is 7.84. The van der Waals surface area contributed by atoms with E-state index in [-0.39, 0.29) is 0 Å². The summed E-state index contributed by atoms with van der Waals surface area (Å²) in [6, 6.07) is 16.1. The molecule has 0 heterocycles. The van der Waals surface area contributed by atoms with Crippen LogP contribution in [0.4, 0.5) is 0 Å². The molecular weight excluding hydrogens is 254 g/mol. The molecule has 2 aromatic rings. The van der Waals surface area contributed by atoms with Gasteiger partial charge in [-0.05, 0) is 47.7 Å². The Labute approximate surface area is 129 Å². The van der Waals surface area contributed by atoms with Gasteiger partial charge in [-0.25, -0.2) is 0 Å². The monoisotopic (exact) mass is 283 g/mol. The summed E-state index contributed by atoms with van der Waals surface area (Å²) in [7, 11) is 0. The van der Waals surface area contributed by atoms with E-state index in [2.05, 4.69) is 68.6 Å². The highest BCUT2D eigenvalue weighted by Gasteiger charge is 2.21. The van der Waals surface area contributed by atoms with Gasteiger partial charge in [0.25, 0.3) is 0 Å². The normalized spacial score (nSPS) is 13.0. The number of nitrogens with one attached hydrogen (secondary N) is 1. The highest BCUT2D eigenvalue weighted by molar-refractivity contribution is 5.83. The first kappa shape index (κ1) is 16.0. The number of hydrogen-bond donors (Lipinski definition) is 1. The molecule has 0 aromatic heterocycles. The number of hydrogen-bond acceptors (Lipinski definition) is 1. The predicted octanol–water partition coefficient (Wildman–Crippen LogP) is 5.71. The molecule has 1 N–H and O–H groups in total. The minimum Gasteiger partial charge on any atom is -0.310 e. The maximum absolute atomic E-state index is 3.73. The van der Waals surface area contributed by atoms with Crippen molar-refractivity contribution < 1.29 is 0 Å². The molecule has 0 aliphatic rings.